The number of ether oxygens (including phenoxy) is 1. The van der Waals surface area contributed by atoms with Crippen LogP contribution in [0.4, 0.5) is 18.9 Å². The van der Waals surface area contributed by atoms with Crippen LogP contribution in [0, 0.1) is 0 Å². The summed E-state index contributed by atoms with van der Waals surface area (Å²) in [5.41, 5.74) is 2.91. The molecule has 8 heteroatoms. The van der Waals surface area contributed by atoms with Gasteiger partial charge in [-0.05, 0) is 42.7 Å². The van der Waals surface area contributed by atoms with Crippen molar-refractivity contribution in [3.8, 4) is 5.75 Å². The van der Waals surface area contributed by atoms with E-state index < -0.39 is 17.8 Å². The first kappa shape index (κ1) is 19.4. The maximum atomic E-state index is 13.1. The molecule has 1 unspecified atom stereocenters. The molecule has 152 valence electrons. The highest BCUT2D eigenvalue weighted by molar-refractivity contribution is 5.92. The van der Waals surface area contributed by atoms with Crippen LogP contribution in [-0.2, 0) is 19.1 Å². The molecule has 0 spiro atoms. The van der Waals surface area contributed by atoms with Gasteiger partial charge in [-0.15, -0.1) is 0 Å². The van der Waals surface area contributed by atoms with E-state index in [-0.39, 0.29) is 0 Å². The van der Waals surface area contributed by atoms with E-state index >= 15 is 0 Å². The number of aromatic nitrogens is 2. The van der Waals surface area contributed by atoms with Crippen LogP contribution < -0.4 is 9.64 Å². The van der Waals surface area contributed by atoms with Crippen LogP contribution in [0.25, 0.3) is 10.9 Å². The SMILES string of the molecule is COc1cc2nncc(N3CCc4ccc(C(F)(F)F)cc4C3)c2cc1C(C)O. The monoisotopic (exact) mass is 403 g/mol. The molecule has 0 saturated carbocycles. The van der Waals surface area contributed by atoms with Crippen molar-refractivity contribution in [2.45, 2.75) is 32.2 Å². The van der Waals surface area contributed by atoms with Gasteiger partial charge in [0, 0.05) is 30.1 Å². The first-order valence-electron chi connectivity index (χ1n) is 9.23. The number of methoxy groups -OCH3 is 1. The highest BCUT2D eigenvalue weighted by Gasteiger charge is 2.32. The standard InChI is InChI=1S/C21H20F3N3O2/c1-12(28)16-8-17-18(9-20(16)29-2)26-25-10-19(17)27-6-5-13-3-4-15(21(22,23)24)7-14(13)11-27/h3-4,7-10,12,28H,5-6,11H2,1-2H3. The third-order valence-electron chi connectivity index (χ3n) is 5.31. The zero-order valence-electron chi connectivity index (χ0n) is 16.0. The van der Waals surface area contributed by atoms with Gasteiger partial charge in [-0.3, -0.25) is 0 Å². The molecule has 2 heterocycles. The number of anilines is 1. The quantitative estimate of drug-likeness (QED) is 0.708. The molecule has 29 heavy (non-hydrogen) atoms. The molecule has 0 amide bonds. The van der Waals surface area contributed by atoms with Gasteiger partial charge in [0.2, 0.25) is 0 Å². The Bertz CT molecular complexity index is 1070. The summed E-state index contributed by atoms with van der Waals surface area (Å²) in [6, 6.07) is 7.45. The molecule has 4 rings (SSSR count). The third kappa shape index (κ3) is 3.60. The number of benzene rings is 2. The number of fused-ring (bicyclic) bond motifs is 2. The summed E-state index contributed by atoms with van der Waals surface area (Å²) < 4.78 is 44.7. The number of alkyl halides is 3. The fourth-order valence-electron chi connectivity index (χ4n) is 3.78. The van der Waals surface area contributed by atoms with Crippen molar-refractivity contribution < 1.29 is 23.0 Å². The van der Waals surface area contributed by atoms with E-state index in [1.165, 1.54) is 13.2 Å². The largest absolute Gasteiger partial charge is 0.496 e. The van der Waals surface area contributed by atoms with Crippen molar-refractivity contribution in [3.05, 3.63) is 58.8 Å². The lowest BCUT2D eigenvalue weighted by Crippen LogP contribution is -2.31. The summed E-state index contributed by atoms with van der Waals surface area (Å²) in [7, 11) is 1.52. The van der Waals surface area contributed by atoms with Crippen LogP contribution in [0.5, 0.6) is 5.75 Å². The van der Waals surface area contributed by atoms with Crippen molar-refractivity contribution in [2.75, 3.05) is 18.6 Å². The number of halogens is 3. The second-order valence-electron chi connectivity index (χ2n) is 7.17. The Balaban J connectivity index is 1.77. The minimum absolute atomic E-state index is 0.343. The average Bonchev–Trinajstić information content (AvgIpc) is 2.70. The molecule has 2 aromatic carbocycles. The average molecular weight is 403 g/mol. The molecule has 0 fully saturated rings. The third-order valence-corrected chi connectivity index (χ3v) is 5.31. The van der Waals surface area contributed by atoms with Gasteiger partial charge in [-0.2, -0.15) is 23.4 Å². The van der Waals surface area contributed by atoms with Crippen LogP contribution in [0.2, 0.25) is 0 Å². The van der Waals surface area contributed by atoms with Crippen LogP contribution in [-0.4, -0.2) is 29.0 Å². The molecule has 0 saturated heterocycles. The Morgan fingerprint density at radius 3 is 2.66 bits per heavy atom. The van der Waals surface area contributed by atoms with Gasteiger partial charge in [0.15, 0.2) is 0 Å². The van der Waals surface area contributed by atoms with Gasteiger partial charge >= 0.3 is 6.18 Å². The minimum Gasteiger partial charge on any atom is -0.496 e. The molecular formula is C21H20F3N3O2. The van der Waals surface area contributed by atoms with E-state index in [9.17, 15) is 18.3 Å². The van der Waals surface area contributed by atoms with Crippen molar-refractivity contribution in [1.29, 1.82) is 0 Å². The Hall–Kier alpha value is -2.87. The maximum Gasteiger partial charge on any atom is 0.416 e. The van der Waals surface area contributed by atoms with Gasteiger partial charge in [0.1, 0.15) is 5.75 Å². The van der Waals surface area contributed by atoms with Crippen LogP contribution >= 0.6 is 0 Å². The summed E-state index contributed by atoms with van der Waals surface area (Å²) >= 11 is 0. The predicted octanol–water partition coefficient (Wildman–Crippen LogP) is 4.27. The normalized spacial score (nSPS) is 15.3. The minimum atomic E-state index is -4.37. The lowest BCUT2D eigenvalue weighted by molar-refractivity contribution is -0.137. The molecule has 1 atom stereocenters. The fourth-order valence-corrected chi connectivity index (χ4v) is 3.78. The Morgan fingerprint density at radius 2 is 1.97 bits per heavy atom. The fraction of sp³-hybridized carbons (Fsp3) is 0.333. The summed E-state index contributed by atoms with van der Waals surface area (Å²) in [6.45, 7) is 2.64. The van der Waals surface area contributed by atoms with Crippen molar-refractivity contribution in [3.63, 3.8) is 0 Å². The predicted molar refractivity (Wildman–Crippen MR) is 103 cm³/mol. The first-order valence-corrected chi connectivity index (χ1v) is 9.23. The number of aliphatic hydroxyl groups excluding tert-OH is 1. The van der Waals surface area contributed by atoms with Gasteiger partial charge < -0.3 is 14.7 Å². The smallest absolute Gasteiger partial charge is 0.416 e. The second kappa shape index (κ2) is 7.18. The van der Waals surface area contributed by atoms with E-state index in [0.717, 1.165) is 22.7 Å². The van der Waals surface area contributed by atoms with E-state index in [4.69, 9.17) is 4.74 Å². The Kier molecular flexibility index (Phi) is 4.82. The summed E-state index contributed by atoms with van der Waals surface area (Å²) in [4.78, 5) is 2.00. The summed E-state index contributed by atoms with van der Waals surface area (Å²) in [6.07, 6.45) is -2.87. The van der Waals surface area contributed by atoms with Gasteiger partial charge in [0.25, 0.3) is 0 Å². The van der Waals surface area contributed by atoms with E-state index in [2.05, 4.69) is 10.2 Å². The summed E-state index contributed by atoms with van der Waals surface area (Å²) in [5, 5.41) is 19.1. The number of rotatable bonds is 3. The summed E-state index contributed by atoms with van der Waals surface area (Å²) in [5.74, 6) is 0.512. The molecule has 3 aromatic rings. The lowest BCUT2D eigenvalue weighted by atomic mass is 9.96. The van der Waals surface area contributed by atoms with E-state index in [1.807, 2.05) is 11.0 Å². The Morgan fingerprint density at radius 1 is 1.17 bits per heavy atom. The molecule has 0 bridgehead atoms. The zero-order chi connectivity index (χ0) is 20.8. The van der Waals surface area contributed by atoms with E-state index in [0.29, 0.717) is 41.9 Å². The van der Waals surface area contributed by atoms with Crippen LogP contribution in [0.3, 0.4) is 0 Å². The number of hydrogen-bond donors (Lipinski definition) is 1. The Labute approximate surface area is 165 Å². The molecule has 1 aliphatic heterocycles. The number of nitrogens with zero attached hydrogens (tertiary/aromatic N) is 3. The maximum absolute atomic E-state index is 13.1. The highest BCUT2D eigenvalue weighted by Crippen LogP contribution is 2.36. The van der Waals surface area contributed by atoms with Gasteiger partial charge in [-0.25, -0.2) is 0 Å². The van der Waals surface area contributed by atoms with Crippen LogP contribution in [0.1, 0.15) is 35.3 Å². The van der Waals surface area contributed by atoms with Gasteiger partial charge in [-0.1, -0.05) is 6.07 Å². The second-order valence-corrected chi connectivity index (χ2v) is 7.17. The van der Waals surface area contributed by atoms with Crippen molar-refractivity contribution in [2.24, 2.45) is 0 Å². The topological polar surface area (TPSA) is 58.5 Å². The van der Waals surface area contributed by atoms with Crippen LogP contribution in [0.15, 0.2) is 36.5 Å². The lowest BCUT2D eigenvalue weighted by Gasteiger charge is -2.31. The first-order chi connectivity index (χ1) is 13.8. The van der Waals surface area contributed by atoms with Crippen molar-refractivity contribution >= 4 is 16.6 Å². The molecule has 1 aliphatic rings. The molecule has 0 radical (unpaired) electrons. The van der Waals surface area contributed by atoms with Gasteiger partial charge in [0.05, 0.1) is 36.2 Å². The van der Waals surface area contributed by atoms with Crippen molar-refractivity contribution in [1.82, 2.24) is 10.2 Å². The molecule has 5 nitrogen and oxygen atoms in total. The number of hydrogen-bond acceptors (Lipinski definition) is 5. The highest BCUT2D eigenvalue weighted by atomic mass is 19.4. The molecule has 1 N–H and O–H groups in total. The molecule has 0 aliphatic carbocycles. The number of aliphatic hydroxyl groups is 1. The molecular weight excluding hydrogens is 383 g/mol. The molecule has 1 aromatic heterocycles. The zero-order valence-corrected chi connectivity index (χ0v) is 16.0. The van der Waals surface area contributed by atoms with E-state index in [1.54, 1.807) is 25.3 Å².